The lowest BCUT2D eigenvalue weighted by atomic mass is 10.2. The highest BCUT2D eigenvalue weighted by Crippen LogP contribution is 2.26. The number of carbonyl (C=O) groups excluding carboxylic acids is 2. The number of aromatic nitrogens is 1. The summed E-state index contributed by atoms with van der Waals surface area (Å²) in [4.78, 5) is 28.8. The Morgan fingerprint density at radius 3 is 3.00 bits per heavy atom. The smallest absolute Gasteiger partial charge is 0.249 e. The molecule has 5 heteroatoms. The fourth-order valence-corrected chi connectivity index (χ4v) is 2.05. The van der Waals surface area contributed by atoms with Crippen molar-refractivity contribution in [3.8, 4) is 0 Å². The molecule has 1 aromatic heterocycles. The largest absolute Gasteiger partial charge is 0.345 e. The summed E-state index contributed by atoms with van der Waals surface area (Å²) in [6.07, 6.45) is 4.27. The molecule has 0 saturated heterocycles. The van der Waals surface area contributed by atoms with E-state index in [9.17, 15) is 9.59 Å². The Hall–Kier alpha value is -1.91. The van der Waals surface area contributed by atoms with Gasteiger partial charge < -0.3 is 10.2 Å². The third-order valence-corrected chi connectivity index (χ3v) is 2.84. The van der Waals surface area contributed by atoms with Gasteiger partial charge in [0.05, 0.1) is 11.9 Å². The number of hydrogen-bond acceptors (Lipinski definition) is 3. The van der Waals surface area contributed by atoms with Crippen LogP contribution in [0.2, 0.25) is 0 Å². The molecule has 0 spiro atoms. The normalized spacial score (nSPS) is 15.3. The van der Waals surface area contributed by atoms with E-state index in [1.807, 2.05) is 6.07 Å². The maximum Gasteiger partial charge on any atom is 0.249 e. The van der Waals surface area contributed by atoms with Crippen LogP contribution >= 0.6 is 0 Å². The first-order valence-corrected chi connectivity index (χ1v) is 5.61. The summed E-state index contributed by atoms with van der Waals surface area (Å²) < 4.78 is 0. The Morgan fingerprint density at radius 1 is 1.53 bits per heavy atom. The van der Waals surface area contributed by atoms with Gasteiger partial charge in [-0.05, 0) is 25.0 Å². The van der Waals surface area contributed by atoms with Crippen molar-refractivity contribution < 1.29 is 9.59 Å². The van der Waals surface area contributed by atoms with E-state index < -0.39 is 6.04 Å². The van der Waals surface area contributed by atoms with Gasteiger partial charge in [-0.3, -0.25) is 14.6 Å². The van der Waals surface area contributed by atoms with Gasteiger partial charge in [-0.15, -0.1) is 0 Å². The molecule has 2 amide bonds. The molecule has 0 radical (unpaired) electrons. The van der Waals surface area contributed by atoms with E-state index in [0.717, 1.165) is 17.7 Å². The van der Waals surface area contributed by atoms with Gasteiger partial charge in [0, 0.05) is 19.7 Å². The van der Waals surface area contributed by atoms with Crippen molar-refractivity contribution in [2.45, 2.75) is 26.3 Å². The van der Waals surface area contributed by atoms with E-state index in [4.69, 9.17) is 0 Å². The lowest BCUT2D eigenvalue weighted by molar-refractivity contribution is -0.126. The fraction of sp³-hybridized carbons (Fsp3) is 0.417. The van der Waals surface area contributed by atoms with Gasteiger partial charge >= 0.3 is 0 Å². The van der Waals surface area contributed by atoms with Gasteiger partial charge in [0.1, 0.15) is 6.04 Å². The number of amides is 2. The number of pyridine rings is 1. The molecule has 2 heterocycles. The van der Waals surface area contributed by atoms with E-state index in [0.29, 0.717) is 6.54 Å². The van der Waals surface area contributed by atoms with Crippen molar-refractivity contribution in [2.24, 2.45) is 0 Å². The van der Waals surface area contributed by atoms with Gasteiger partial charge in [0.2, 0.25) is 11.8 Å². The Labute approximate surface area is 99.8 Å². The SMILES string of the molecule is CC(=O)NC(C)C(=O)N1CCc2ccncc21. The minimum atomic E-state index is -0.501. The molecular weight excluding hydrogens is 218 g/mol. The van der Waals surface area contributed by atoms with Crippen LogP contribution in [0, 0.1) is 0 Å². The minimum Gasteiger partial charge on any atom is -0.345 e. The maximum atomic E-state index is 12.1. The van der Waals surface area contributed by atoms with Crippen molar-refractivity contribution in [1.29, 1.82) is 0 Å². The number of anilines is 1. The Kier molecular flexibility index (Phi) is 3.08. The number of carbonyl (C=O) groups is 2. The van der Waals surface area contributed by atoms with Gasteiger partial charge in [-0.25, -0.2) is 0 Å². The van der Waals surface area contributed by atoms with E-state index >= 15 is 0 Å². The van der Waals surface area contributed by atoms with Gasteiger partial charge in [0.15, 0.2) is 0 Å². The van der Waals surface area contributed by atoms with Gasteiger partial charge in [-0.2, -0.15) is 0 Å². The first-order chi connectivity index (χ1) is 8.09. The van der Waals surface area contributed by atoms with Gasteiger partial charge in [0.25, 0.3) is 0 Å². The van der Waals surface area contributed by atoms with Crippen LogP contribution in [-0.2, 0) is 16.0 Å². The number of rotatable bonds is 2. The molecule has 0 bridgehead atoms. The fourth-order valence-electron chi connectivity index (χ4n) is 2.05. The van der Waals surface area contributed by atoms with E-state index in [1.54, 1.807) is 24.2 Å². The highest BCUT2D eigenvalue weighted by atomic mass is 16.2. The van der Waals surface area contributed by atoms with Crippen LogP contribution in [0.3, 0.4) is 0 Å². The second-order valence-electron chi connectivity index (χ2n) is 4.17. The maximum absolute atomic E-state index is 12.1. The van der Waals surface area contributed by atoms with Crippen molar-refractivity contribution in [1.82, 2.24) is 10.3 Å². The molecule has 0 aromatic carbocycles. The molecule has 0 fully saturated rings. The minimum absolute atomic E-state index is 0.0908. The molecule has 1 unspecified atom stereocenters. The third kappa shape index (κ3) is 2.27. The quantitative estimate of drug-likeness (QED) is 0.809. The van der Waals surface area contributed by atoms with Gasteiger partial charge in [-0.1, -0.05) is 0 Å². The molecule has 0 aliphatic carbocycles. The summed E-state index contributed by atoms with van der Waals surface area (Å²) in [6.45, 7) is 3.76. The number of fused-ring (bicyclic) bond motifs is 1. The van der Waals surface area contributed by atoms with Crippen LogP contribution in [-0.4, -0.2) is 29.4 Å². The monoisotopic (exact) mass is 233 g/mol. The zero-order chi connectivity index (χ0) is 12.4. The number of nitrogens with zero attached hydrogens (tertiary/aromatic N) is 2. The zero-order valence-electron chi connectivity index (χ0n) is 9.93. The molecule has 1 N–H and O–H groups in total. The van der Waals surface area contributed by atoms with E-state index in [-0.39, 0.29) is 11.8 Å². The first-order valence-electron chi connectivity index (χ1n) is 5.61. The van der Waals surface area contributed by atoms with E-state index in [1.165, 1.54) is 6.92 Å². The lowest BCUT2D eigenvalue weighted by Crippen LogP contribution is -2.45. The molecule has 0 saturated carbocycles. The predicted molar refractivity (Wildman–Crippen MR) is 63.6 cm³/mol. The summed E-state index contributed by atoms with van der Waals surface area (Å²) >= 11 is 0. The predicted octanol–water partition coefficient (Wildman–Crippen LogP) is 0.495. The molecule has 1 atom stereocenters. The second kappa shape index (κ2) is 4.53. The molecule has 1 aliphatic heterocycles. The average Bonchev–Trinajstić information content (AvgIpc) is 2.70. The average molecular weight is 233 g/mol. The van der Waals surface area contributed by atoms with Crippen LogP contribution in [0.4, 0.5) is 5.69 Å². The van der Waals surface area contributed by atoms with Crippen molar-refractivity contribution >= 4 is 17.5 Å². The summed E-state index contributed by atoms with van der Waals surface area (Å²) in [6, 6.07) is 1.42. The lowest BCUT2D eigenvalue weighted by Gasteiger charge is -2.21. The molecule has 17 heavy (non-hydrogen) atoms. The highest BCUT2D eigenvalue weighted by molar-refractivity contribution is 6.00. The van der Waals surface area contributed by atoms with Crippen molar-refractivity contribution in [3.05, 3.63) is 24.0 Å². The van der Waals surface area contributed by atoms with Crippen molar-refractivity contribution in [3.63, 3.8) is 0 Å². The Bertz CT molecular complexity index is 459. The van der Waals surface area contributed by atoms with Crippen LogP contribution in [0.15, 0.2) is 18.5 Å². The van der Waals surface area contributed by atoms with Crippen LogP contribution in [0.1, 0.15) is 19.4 Å². The molecule has 90 valence electrons. The highest BCUT2D eigenvalue weighted by Gasteiger charge is 2.28. The molecule has 2 rings (SSSR count). The zero-order valence-corrected chi connectivity index (χ0v) is 9.93. The number of hydrogen-bond donors (Lipinski definition) is 1. The van der Waals surface area contributed by atoms with Crippen LogP contribution in [0.25, 0.3) is 0 Å². The molecule has 1 aromatic rings. The standard InChI is InChI=1S/C12H15N3O2/c1-8(14-9(2)16)12(17)15-6-4-10-3-5-13-7-11(10)15/h3,5,7-8H,4,6H2,1-2H3,(H,14,16). The Morgan fingerprint density at radius 2 is 2.29 bits per heavy atom. The second-order valence-corrected chi connectivity index (χ2v) is 4.17. The van der Waals surface area contributed by atoms with E-state index in [2.05, 4.69) is 10.3 Å². The first kappa shape index (κ1) is 11.6. The molecule has 5 nitrogen and oxygen atoms in total. The number of nitrogens with one attached hydrogen (secondary N) is 1. The molecule has 1 aliphatic rings. The van der Waals surface area contributed by atoms with Crippen molar-refractivity contribution in [2.75, 3.05) is 11.4 Å². The Balaban J connectivity index is 2.15. The summed E-state index contributed by atoms with van der Waals surface area (Å²) in [5.74, 6) is -0.289. The topological polar surface area (TPSA) is 62.3 Å². The summed E-state index contributed by atoms with van der Waals surface area (Å²) in [7, 11) is 0. The summed E-state index contributed by atoms with van der Waals surface area (Å²) in [5.41, 5.74) is 1.98. The summed E-state index contributed by atoms with van der Waals surface area (Å²) in [5, 5.41) is 2.60. The molecular formula is C12H15N3O2. The third-order valence-electron chi connectivity index (χ3n) is 2.84. The van der Waals surface area contributed by atoms with Crippen LogP contribution in [0.5, 0.6) is 0 Å². The van der Waals surface area contributed by atoms with Crippen LogP contribution < -0.4 is 10.2 Å².